The Hall–Kier alpha value is -1.31. The zero-order chi connectivity index (χ0) is 23.6. The van der Waals surface area contributed by atoms with E-state index in [-0.39, 0.29) is 34.8 Å². The number of likely N-dealkylation sites (N-methyl/N-ethyl adjacent to an activating group) is 1. The van der Waals surface area contributed by atoms with Gasteiger partial charge in [-0.05, 0) is 34.1 Å². The van der Waals surface area contributed by atoms with Crippen LogP contribution >= 0.6 is 0 Å². The van der Waals surface area contributed by atoms with Crippen molar-refractivity contribution in [3.8, 4) is 11.5 Å². The molecule has 4 nitrogen and oxygen atoms in total. The van der Waals surface area contributed by atoms with Crippen molar-refractivity contribution < 1.29 is 38.7 Å². The summed E-state index contributed by atoms with van der Waals surface area (Å²) < 4.78 is 0.860. The maximum atomic E-state index is 10.6. The fraction of sp³-hybridized carbons (Fsp3) is 0.556. The standard InChI is InChI=1S/C27H42N2O2.HI/c1-26(2,3)22-10-12-24(30)20(16-22)18-28(14-15-29(7,8)9)19-21-17-23(27(4,5)6)11-13-25(21)31;/h10-13,16-17H,14-15,18-19H2,1-9H3,(H-,30,31);1H. The van der Waals surface area contributed by atoms with E-state index in [1.165, 1.54) is 11.1 Å². The van der Waals surface area contributed by atoms with Crippen molar-refractivity contribution in [3.63, 3.8) is 0 Å². The van der Waals surface area contributed by atoms with Gasteiger partial charge in [0.2, 0.25) is 0 Å². The molecule has 0 saturated carbocycles. The first-order valence-electron chi connectivity index (χ1n) is 11.2. The van der Waals surface area contributed by atoms with Crippen LogP contribution in [0.2, 0.25) is 0 Å². The monoisotopic (exact) mass is 554 g/mol. The Morgan fingerprint density at radius 3 is 1.41 bits per heavy atom. The molecule has 2 N–H and O–H groups in total. The Balaban J connectivity index is 0.00000512. The summed E-state index contributed by atoms with van der Waals surface area (Å²) >= 11 is 0. The summed E-state index contributed by atoms with van der Waals surface area (Å²) in [7, 11) is 6.56. The van der Waals surface area contributed by atoms with Crippen molar-refractivity contribution >= 4 is 0 Å². The van der Waals surface area contributed by atoms with Gasteiger partial charge in [0.05, 0.1) is 27.7 Å². The second-order valence-electron chi connectivity index (χ2n) is 11.9. The fourth-order valence-electron chi connectivity index (χ4n) is 3.49. The molecule has 0 amide bonds. The Morgan fingerprint density at radius 1 is 0.719 bits per heavy atom. The lowest BCUT2D eigenvalue weighted by Crippen LogP contribution is -3.00. The third-order valence-corrected chi connectivity index (χ3v) is 5.77. The molecule has 2 aromatic rings. The molecular formula is C27H43IN2O2. The maximum absolute atomic E-state index is 10.6. The second-order valence-corrected chi connectivity index (χ2v) is 11.9. The van der Waals surface area contributed by atoms with Crippen LogP contribution in [0.3, 0.4) is 0 Å². The Labute approximate surface area is 212 Å². The number of benzene rings is 2. The minimum absolute atomic E-state index is 0. The van der Waals surface area contributed by atoms with Gasteiger partial charge in [0.25, 0.3) is 0 Å². The van der Waals surface area contributed by atoms with Gasteiger partial charge >= 0.3 is 0 Å². The highest BCUT2D eigenvalue weighted by Crippen LogP contribution is 2.31. The van der Waals surface area contributed by atoms with E-state index < -0.39 is 0 Å². The molecule has 0 spiro atoms. The van der Waals surface area contributed by atoms with E-state index in [2.05, 4.69) is 79.7 Å². The minimum atomic E-state index is 0. The molecule has 32 heavy (non-hydrogen) atoms. The third kappa shape index (κ3) is 8.56. The molecule has 2 rings (SSSR count). The summed E-state index contributed by atoms with van der Waals surface area (Å²) in [6.45, 7) is 16.2. The number of nitrogens with zero attached hydrogens (tertiary/aromatic N) is 2. The van der Waals surface area contributed by atoms with Crippen LogP contribution in [0.15, 0.2) is 36.4 Å². The number of hydrogen-bond donors (Lipinski definition) is 2. The number of halogens is 1. The van der Waals surface area contributed by atoms with Gasteiger partial charge in [-0.25, -0.2) is 0 Å². The van der Waals surface area contributed by atoms with E-state index >= 15 is 0 Å². The lowest BCUT2D eigenvalue weighted by molar-refractivity contribution is -0.869. The third-order valence-electron chi connectivity index (χ3n) is 5.77. The summed E-state index contributed by atoms with van der Waals surface area (Å²) in [5.74, 6) is 0.659. The molecule has 180 valence electrons. The largest absolute Gasteiger partial charge is 1.00 e. The van der Waals surface area contributed by atoms with Crippen LogP contribution in [-0.2, 0) is 23.9 Å². The molecule has 0 bridgehead atoms. The summed E-state index contributed by atoms with van der Waals surface area (Å²) in [6.07, 6.45) is 0. The van der Waals surface area contributed by atoms with Gasteiger partial charge in [-0.2, -0.15) is 0 Å². The van der Waals surface area contributed by atoms with E-state index in [0.717, 1.165) is 28.7 Å². The van der Waals surface area contributed by atoms with E-state index in [1.54, 1.807) is 0 Å². The van der Waals surface area contributed by atoms with E-state index in [4.69, 9.17) is 0 Å². The lowest BCUT2D eigenvalue weighted by atomic mass is 9.85. The number of phenols is 2. The molecule has 0 aliphatic carbocycles. The number of phenolic OH excluding ortho intramolecular Hbond substituents is 2. The lowest BCUT2D eigenvalue weighted by Gasteiger charge is -2.30. The molecule has 0 unspecified atom stereocenters. The van der Waals surface area contributed by atoms with Gasteiger partial charge in [-0.15, -0.1) is 0 Å². The first-order chi connectivity index (χ1) is 14.1. The SMILES string of the molecule is CC(C)(C)c1ccc(O)c(CN(CC[N+](C)(C)C)Cc2cc(C(C)(C)C)ccc2O)c1.[I-]. The zero-order valence-corrected chi connectivity index (χ0v) is 23.6. The van der Waals surface area contributed by atoms with Crippen LogP contribution in [0.4, 0.5) is 0 Å². The zero-order valence-electron chi connectivity index (χ0n) is 21.5. The Bertz CT molecular complexity index is 824. The van der Waals surface area contributed by atoms with Gasteiger partial charge in [0.15, 0.2) is 0 Å². The highest BCUT2D eigenvalue weighted by Gasteiger charge is 2.21. The quantitative estimate of drug-likeness (QED) is 0.409. The summed E-state index contributed by atoms with van der Waals surface area (Å²) in [5, 5.41) is 21.1. The van der Waals surface area contributed by atoms with Gasteiger partial charge in [-0.1, -0.05) is 65.8 Å². The van der Waals surface area contributed by atoms with E-state index in [1.807, 2.05) is 24.3 Å². The van der Waals surface area contributed by atoms with Crippen molar-refractivity contribution in [2.45, 2.75) is 65.5 Å². The molecule has 0 saturated heterocycles. The van der Waals surface area contributed by atoms with Crippen molar-refractivity contribution in [2.24, 2.45) is 0 Å². The predicted octanol–water partition coefficient (Wildman–Crippen LogP) is 2.41. The molecule has 0 fully saturated rings. The average Bonchev–Trinajstić information content (AvgIpc) is 2.60. The van der Waals surface area contributed by atoms with Crippen molar-refractivity contribution in [3.05, 3.63) is 58.7 Å². The van der Waals surface area contributed by atoms with Gasteiger partial charge in [0, 0.05) is 30.8 Å². The highest BCUT2D eigenvalue weighted by atomic mass is 127. The maximum Gasteiger partial charge on any atom is 0.120 e. The van der Waals surface area contributed by atoms with Gasteiger partial charge in [-0.3, -0.25) is 4.90 Å². The van der Waals surface area contributed by atoms with Crippen LogP contribution in [0, 0.1) is 0 Å². The van der Waals surface area contributed by atoms with Gasteiger partial charge in [0.1, 0.15) is 11.5 Å². The van der Waals surface area contributed by atoms with Crippen LogP contribution < -0.4 is 24.0 Å². The first kappa shape index (κ1) is 28.7. The molecule has 0 aliphatic heterocycles. The van der Waals surface area contributed by atoms with Crippen molar-refractivity contribution in [2.75, 3.05) is 34.2 Å². The minimum Gasteiger partial charge on any atom is -1.00 e. The number of quaternary nitrogens is 1. The molecule has 0 atom stereocenters. The normalized spacial score (nSPS) is 12.7. The fourth-order valence-corrected chi connectivity index (χ4v) is 3.49. The van der Waals surface area contributed by atoms with Crippen LogP contribution in [0.1, 0.15) is 63.8 Å². The summed E-state index contributed by atoms with van der Waals surface area (Å²) in [5.41, 5.74) is 4.33. The predicted molar refractivity (Wildman–Crippen MR) is 131 cm³/mol. The molecule has 0 aromatic heterocycles. The van der Waals surface area contributed by atoms with Crippen molar-refractivity contribution in [1.29, 1.82) is 0 Å². The first-order valence-corrected chi connectivity index (χ1v) is 11.2. The van der Waals surface area contributed by atoms with Crippen molar-refractivity contribution in [1.82, 2.24) is 4.90 Å². The van der Waals surface area contributed by atoms with Crippen LogP contribution in [0.25, 0.3) is 0 Å². The van der Waals surface area contributed by atoms with Crippen LogP contribution in [-0.4, -0.2) is 53.8 Å². The summed E-state index contributed by atoms with van der Waals surface area (Å²) in [4.78, 5) is 2.33. The number of aromatic hydroxyl groups is 2. The molecule has 0 heterocycles. The smallest absolute Gasteiger partial charge is 0.120 e. The molecule has 5 heteroatoms. The van der Waals surface area contributed by atoms with E-state index in [0.29, 0.717) is 24.6 Å². The molecule has 0 radical (unpaired) electrons. The molecule has 0 aliphatic rings. The number of rotatable bonds is 7. The topological polar surface area (TPSA) is 43.7 Å². The van der Waals surface area contributed by atoms with Crippen LogP contribution in [0.5, 0.6) is 11.5 Å². The average molecular weight is 555 g/mol. The Morgan fingerprint density at radius 2 is 1.09 bits per heavy atom. The Kier molecular flexibility index (Phi) is 9.64. The second kappa shape index (κ2) is 10.7. The number of hydrogen-bond acceptors (Lipinski definition) is 3. The molecule has 2 aromatic carbocycles. The molecular weight excluding hydrogens is 511 g/mol. The van der Waals surface area contributed by atoms with Gasteiger partial charge < -0.3 is 38.7 Å². The summed E-state index contributed by atoms with van der Waals surface area (Å²) in [6, 6.07) is 11.9. The van der Waals surface area contributed by atoms with E-state index in [9.17, 15) is 10.2 Å². The highest BCUT2D eigenvalue weighted by molar-refractivity contribution is 5.40.